The molecule has 0 saturated carbocycles. The Labute approximate surface area is 207 Å². The third kappa shape index (κ3) is 3.92. The molecular formula is C25H18F2N6O4. The summed E-state index contributed by atoms with van der Waals surface area (Å²) in [7, 11) is 0. The molecule has 0 spiro atoms. The molecule has 1 aliphatic rings. The lowest BCUT2D eigenvalue weighted by molar-refractivity contribution is -0.286. The molecule has 0 radical (unpaired) electrons. The van der Waals surface area contributed by atoms with Crippen LogP contribution in [0.4, 0.5) is 14.5 Å². The molecule has 1 amide bonds. The van der Waals surface area contributed by atoms with E-state index in [9.17, 15) is 18.4 Å². The SMILES string of the molecule is CCN(C(=O)Cn1nc(-c2ccc3ccncc3c2)c2[nH]cnc2c1=O)c1ccc2c(c1)OC(F)(F)O2. The summed E-state index contributed by atoms with van der Waals surface area (Å²) in [5.74, 6) is -0.796. The predicted molar refractivity (Wildman–Crippen MR) is 130 cm³/mol. The van der Waals surface area contributed by atoms with E-state index in [4.69, 9.17) is 0 Å². The maximum Gasteiger partial charge on any atom is 0.586 e. The average Bonchev–Trinajstić information content (AvgIpc) is 3.49. The quantitative estimate of drug-likeness (QED) is 0.388. The van der Waals surface area contributed by atoms with Gasteiger partial charge in [0.1, 0.15) is 12.2 Å². The fraction of sp³-hybridized carbons (Fsp3) is 0.160. The number of amides is 1. The van der Waals surface area contributed by atoms with Gasteiger partial charge in [0.05, 0.1) is 11.8 Å². The molecule has 10 nitrogen and oxygen atoms in total. The maximum atomic E-state index is 13.4. The summed E-state index contributed by atoms with van der Waals surface area (Å²) < 4.78 is 36.8. The van der Waals surface area contributed by atoms with Crippen LogP contribution >= 0.6 is 0 Å². The first kappa shape index (κ1) is 22.6. The third-order valence-electron chi connectivity index (χ3n) is 6.05. The van der Waals surface area contributed by atoms with E-state index in [1.54, 1.807) is 19.3 Å². The zero-order valence-corrected chi connectivity index (χ0v) is 19.3. The lowest BCUT2D eigenvalue weighted by atomic mass is 10.1. The molecule has 0 saturated heterocycles. The Balaban J connectivity index is 1.37. The van der Waals surface area contributed by atoms with Crippen molar-refractivity contribution in [3.8, 4) is 22.8 Å². The molecule has 1 aliphatic heterocycles. The summed E-state index contributed by atoms with van der Waals surface area (Å²) in [4.78, 5) is 39.0. The molecule has 0 atom stereocenters. The number of nitrogens with zero attached hydrogens (tertiary/aromatic N) is 5. The van der Waals surface area contributed by atoms with Crippen LogP contribution in [-0.4, -0.2) is 43.5 Å². The van der Waals surface area contributed by atoms with Gasteiger partial charge in [0.15, 0.2) is 17.0 Å². The fourth-order valence-corrected chi connectivity index (χ4v) is 4.34. The lowest BCUT2D eigenvalue weighted by Crippen LogP contribution is -2.37. The number of pyridine rings is 1. The fourth-order valence-electron chi connectivity index (χ4n) is 4.34. The molecule has 5 aromatic rings. The molecule has 4 heterocycles. The first-order valence-corrected chi connectivity index (χ1v) is 11.3. The number of rotatable bonds is 5. The first-order valence-electron chi connectivity index (χ1n) is 11.3. The summed E-state index contributed by atoms with van der Waals surface area (Å²) in [6.07, 6.45) is 1.05. The Bertz CT molecular complexity index is 1750. The maximum absolute atomic E-state index is 13.4. The standard InChI is InChI=1S/C25H18F2N6O4/c1-2-32(17-5-6-18-19(10-17)37-25(26,27)36-18)20(34)12-33-24(35)23-22(29-13-30-23)21(31-33)15-4-3-14-7-8-28-11-16(14)9-15/h3-11,13H,2,12H2,1H3,(H,29,30). The van der Waals surface area contributed by atoms with Crippen molar-refractivity contribution in [3.63, 3.8) is 0 Å². The van der Waals surface area contributed by atoms with Crippen molar-refractivity contribution in [2.24, 2.45) is 0 Å². The number of H-pyrrole nitrogens is 1. The number of hydrogen-bond acceptors (Lipinski definition) is 7. The highest BCUT2D eigenvalue weighted by Gasteiger charge is 2.43. The van der Waals surface area contributed by atoms with Gasteiger partial charge in [-0.3, -0.25) is 14.6 Å². The van der Waals surface area contributed by atoms with Crippen LogP contribution in [0.25, 0.3) is 33.1 Å². The first-order chi connectivity index (χ1) is 17.8. The van der Waals surface area contributed by atoms with Gasteiger partial charge < -0.3 is 19.4 Å². The van der Waals surface area contributed by atoms with Crippen molar-refractivity contribution in [2.45, 2.75) is 19.8 Å². The second kappa shape index (κ2) is 8.36. The largest absolute Gasteiger partial charge is 0.586 e. The summed E-state index contributed by atoms with van der Waals surface area (Å²) in [6.45, 7) is 1.53. The van der Waals surface area contributed by atoms with Crippen molar-refractivity contribution in [2.75, 3.05) is 11.4 Å². The number of anilines is 1. The molecule has 0 fully saturated rings. The van der Waals surface area contributed by atoms with Crippen molar-refractivity contribution in [1.29, 1.82) is 0 Å². The molecule has 0 bridgehead atoms. The Morgan fingerprint density at radius 1 is 1.11 bits per heavy atom. The summed E-state index contributed by atoms with van der Waals surface area (Å²) in [5, 5.41) is 6.37. The van der Waals surface area contributed by atoms with Crippen molar-refractivity contribution in [3.05, 3.63) is 71.5 Å². The Kier molecular flexibility index (Phi) is 5.10. The highest BCUT2D eigenvalue weighted by Crippen LogP contribution is 2.42. The van der Waals surface area contributed by atoms with Gasteiger partial charge in [-0.15, -0.1) is 8.78 Å². The summed E-state index contributed by atoms with van der Waals surface area (Å²) in [5.41, 5.74) is 1.50. The number of imidazole rings is 1. The van der Waals surface area contributed by atoms with Gasteiger partial charge in [-0.05, 0) is 36.6 Å². The van der Waals surface area contributed by atoms with E-state index in [0.29, 0.717) is 22.5 Å². The number of hydrogen-bond donors (Lipinski definition) is 1. The highest BCUT2D eigenvalue weighted by molar-refractivity contribution is 5.95. The monoisotopic (exact) mass is 504 g/mol. The third-order valence-corrected chi connectivity index (χ3v) is 6.05. The van der Waals surface area contributed by atoms with Crippen LogP contribution in [0.1, 0.15) is 6.92 Å². The average molecular weight is 504 g/mol. The molecule has 37 heavy (non-hydrogen) atoms. The van der Waals surface area contributed by atoms with Crippen LogP contribution in [-0.2, 0) is 11.3 Å². The highest BCUT2D eigenvalue weighted by atomic mass is 19.3. The number of carbonyl (C=O) groups excluding carboxylic acids is 1. The smallest absolute Gasteiger partial charge is 0.395 e. The minimum atomic E-state index is -3.77. The van der Waals surface area contributed by atoms with Crippen LogP contribution in [0.3, 0.4) is 0 Å². The normalized spacial score (nSPS) is 13.8. The Morgan fingerprint density at radius 3 is 2.78 bits per heavy atom. The molecule has 3 aromatic heterocycles. The number of benzene rings is 2. The van der Waals surface area contributed by atoms with E-state index in [1.165, 1.54) is 29.4 Å². The molecule has 2 aromatic carbocycles. The van der Waals surface area contributed by atoms with Crippen molar-refractivity contribution in [1.82, 2.24) is 24.7 Å². The molecule has 186 valence electrons. The number of ether oxygens (including phenoxy) is 2. The van der Waals surface area contributed by atoms with Gasteiger partial charge in [-0.1, -0.05) is 12.1 Å². The number of nitrogens with one attached hydrogen (secondary N) is 1. The van der Waals surface area contributed by atoms with Crippen LogP contribution < -0.4 is 19.9 Å². The second-order valence-electron chi connectivity index (χ2n) is 8.31. The molecule has 0 aliphatic carbocycles. The number of fused-ring (bicyclic) bond motifs is 3. The van der Waals surface area contributed by atoms with E-state index < -0.39 is 24.3 Å². The van der Waals surface area contributed by atoms with E-state index >= 15 is 0 Å². The zero-order chi connectivity index (χ0) is 25.7. The molecule has 1 N–H and O–H groups in total. The molecular weight excluding hydrogens is 486 g/mol. The number of alkyl halides is 2. The van der Waals surface area contributed by atoms with E-state index in [2.05, 4.69) is 29.5 Å². The minimum absolute atomic E-state index is 0.130. The Hall–Kier alpha value is -4.87. The zero-order valence-electron chi connectivity index (χ0n) is 19.3. The number of carbonyl (C=O) groups is 1. The van der Waals surface area contributed by atoms with Gasteiger partial charge in [0.25, 0.3) is 5.56 Å². The van der Waals surface area contributed by atoms with Gasteiger partial charge in [-0.25, -0.2) is 9.67 Å². The van der Waals surface area contributed by atoms with Crippen LogP contribution in [0.15, 0.2) is 66.0 Å². The van der Waals surface area contributed by atoms with Gasteiger partial charge in [0.2, 0.25) is 5.91 Å². The summed E-state index contributed by atoms with van der Waals surface area (Å²) in [6, 6.07) is 11.6. The molecule has 12 heteroatoms. The Morgan fingerprint density at radius 2 is 1.95 bits per heavy atom. The lowest BCUT2D eigenvalue weighted by Gasteiger charge is -2.21. The van der Waals surface area contributed by atoms with Crippen molar-refractivity contribution >= 4 is 33.4 Å². The molecule has 0 unspecified atom stereocenters. The van der Waals surface area contributed by atoms with Gasteiger partial charge in [0, 0.05) is 41.6 Å². The second-order valence-corrected chi connectivity index (χ2v) is 8.31. The number of likely N-dealkylation sites (N-methyl/N-ethyl adjacent to an activating group) is 1. The van der Waals surface area contributed by atoms with Crippen LogP contribution in [0, 0.1) is 0 Å². The van der Waals surface area contributed by atoms with Crippen LogP contribution in [0.2, 0.25) is 0 Å². The molecule has 6 rings (SSSR count). The summed E-state index contributed by atoms with van der Waals surface area (Å²) >= 11 is 0. The van der Waals surface area contributed by atoms with E-state index in [-0.39, 0.29) is 23.6 Å². The van der Waals surface area contributed by atoms with Crippen molar-refractivity contribution < 1.29 is 23.0 Å². The van der Waals surface area contributed by atoms with E-state index in [0.717, 1.165) is 15.5 Å². The van der Waals surface area contributed by atoms with Gasteiger partial charge >= 0.3 is 6.29 Å². The van der Waals surface area contributed by atoms with Crippen LogP contribution in [0.5, 0.6) is 11.5 Å². The van der Waals surface area contributed by atoms with Gasteiger partial charge in [-0.2, -0.15) is 5.10 Å². The predicted octanol–water partition coefficient (Wildman–Crippen LogP) is 3.71. The number of aromatic amines is 1. The minimum Gasteiger partial charge on any atom is -0.395 e. The number of aromatic nitrogens is 5. The topological polar surface area (TPSA) is 115 Å². The number of halogens is 2. The van der Waals surface area contributed by atoms with E-state index in [1.807, 2.05) is 24.3 Å².